The molecule has 0 saturated carbocycles. The SMILES string of the molecule is COc1ccc(/C(C)=N\NC(=S)Nc2ccccc2C)cc1CC(=O)[O-]. The van der Waals surface area contributed by atoms with Gasteiger partial charge in [0.1, 0.15) is 5.75 Å². The Morgan fingerprint density at radius 1 is 1.27 bits per heavy atom. The normalized spacial score (nSPS) is 11.0. The highest BCUT2D eigenvalue weighted by Gasteiger charge is 2.07. The van der Waals surface area contributed by atoms with Crippen molar-refractivity contribution in [1.29, 1.82) is 0 Å². The molecule has 2 rings (SSSR count). The van der Waals surface area contributed by atoms with E-state index in [1.165, 1.54) is 7.11 Å². The standard InChI is InChI=1S/C19H21N3O3S/c1-12-6-4-5-7-16(12)20-19(26)22-21-13(2)14-8-9-17(25-3)15(10-14)11-18(23)24/h4-10H,11H2,1-3H3,(H,23,24)(H2,20,22,26)/p-1/b21-13-. The second kappa shape index (κ2) is 8.96. The van der Waals surface area contributed by atoms with E-state index in [-0.39, 0.29) is 6.42 Å². The van der Waals surface area contributed by atoms with Crippen LogP contribution >= 0.6 is 12.2 Å². The minimum Gasteiger partial charge on any atom is -0.550 e. The van der Waals surface area contributed by atoms with Crippen LogP contribution in [0.4, 0.5) is 5.69 Å². The fourth-order valence-corrected chi connectivity index (χ4v) is 2.52. The molecule has 7 heteroatoms. The van der Waals surface area contributed by atoms with Crippen molar-refractivity contribution in [3.8, 4) is 5.75 Å². The fourth-order valence-electron chi connectivity index (χ4n) is 2.36. The van der Waals surface area contributed by atoms with Crippen LogP contribution in [0.5, 0.6) is 5.75 Å². The molecule has 0 saturated heterocycles. The smallest absolute Gasteiger partial charge is 0.191 e. The lowest BCUT2D eigenvalue weighted by atomic mass is 10.0. The summed E-state index contributed by atoms with van der Waals surface area (Å²) in [6, 6.07) is 13.0. The van der Waals surface area contributed by atoms with Gasteiger partial charge >= 0.3 is 0 Å². The summed E-state index contributed by atoms with van der Waals surface area (Å²) >= 11 is 5.25. The van der Waals surface area contributed by atoms with Crippen molar-refractivity contribution >= 4 is 34.7 Å². The Labute approximate surface area is 157 Å². The van der Waals surface area contributed by atoms with E-state index in [4.69, 9.17) is 17.0 Å². The lowest BCUT2D eigenvalue weighted by Crippen LogP contribution is -2.25. The quantitative estimate of drug-likeness (QED) is 0.460. The van der Waals surface area contributed by atoms with E-state index in [9.17, 15) is 9.90 Å². The minimum absolute atomic E-state index is 0.231. The molecule has 0 aliphatic carbocycles. The molecular formula is C19H20N3O3S-. The second-order valence-corrected chi connectivity index (χ2v) is 6.06. The number of carboxylic acids is 1. The summed E-state index contributed by atoms with van der Waals surface area (Å²) in [5.41, 5.74) is 6.70. The van der Waals surface area contributed by atoms with E-state index < -0.39 is 5.97 Å². The molecule has 2 aromatic rings. The number of anilines is 1. The number of para-hydroxylation sites is 1. The van der Waals surface area contributed by atoms with Gasteiger partial charge in [-0.2, -0.15) is 5.10 Å². The van der Waals surface area contributed by atoms with Crippen LogP contribution in [0.2, 0.25) is 0 Å². The molecular weight excluding hydrogens is 350 g/mol. The second-order valence-electron chi connectivity index (χ2n) is 5.65. The van der Waals surface area contributed by atoms with Crippen LogP contribution in [0, 0.1) is 6.92 Å². The highest BCUT2D eigenvalue weighted by Crippen LogP contribution is 2.21. The third-order valence-electron chi connectivity index (χ3n) is 3.75. The largest absolute Gasteiger partial charge is 0.550 e. The molecule has 0 spiro atoms. The van der Waals surface area contributed by atoms with Crippen molar-refractivity contribution in [2.75, 3.05) is 12.4 Å². The molecule has 0 atom stereocenters. The Balaban J connectivity index is 2.10. The van der Waals surface area contributed by atoms with E-state index in [1.54, 1.807) is 25.1 Å². The zero-order valence-electron chi connectivity index (χ0n) is 14.8. The monoisotopic (exact) mass is 370 g/mol. The van der Waals surface area contributed by atoms with Gasteiger partial charge in [-0.25, -0.2) is 0 Å². The number of hydrogen-bond acceptors (Lipinski definition) is 5. The number of rotatable bonds is 6. The molecule has 0 bridgehead atoms. The molecule has 0 radical (unpaired) electrons. The first-order valence-electron chi connectivity index (χ1n) is 7.94. The van der Waals surface area contributed by atoms with E-state index in [2.05, 4.69) is 15.8 Å². The molecule has 0 fully saturated rings. The van der Waals surface area contributed by atoms with Gasteiger partial charge in [-0.1, -0.05) is 18.2 Å². The number of hydrazone groups is 1. The van der Waals surface area contributed by atoms with Gasteiger partial charge in [-0.15, -0.1) is 0 Å². The molecule has 0 aliphatic heterocycles. The van der Waals surface area contributed by atoms with Crippen molar-refractivity contribution < 1.29 is 14.6 Å². The topological polar surface area (TPSA) is 85.8 Å². The van der Waals surface area contributed by atoms with Crippen LogP contribution in [-0.4, -0.2) is 23.9 Å². The molecule has 6 nitrogen and oxygen atoms in total. The Bertz CT molecular complexity index is 850. The van der Waals surface area contributed by atoms with Gasteiger partial charge in [0.25, 0.3) is 0 Å². The lowest BCUT2D eigenvalue weighted by Gasteiger charge is -2.12. The lowest BCUT2D eigenvalue weighted by molar-refractivity contribution is -0.304. The minimum atomic E-state index is -1.17. The van der Waals surface area contributed by atoms with E-state index in [0.717, 1.165) is 16.8 Å². The van der Waals surface area contributed by atoms with Crippen molar-refractivity contribution in [3.05, 3.63) is 59.2 Å². The van der Waals surface area contributed by atoms with E-state index in [1.807, 2.05) is 31.2 Å². The van der Waals surface area contributed by atoms with Gasteiger partial charge in [-0.3, -0.25) is 5.43 Å². The highest BCUT2D eigenvalue weighted by molar-refractivity contribution is 7.80. The summed E-state index contributed by atoms with van der Waals surface area (Å²) in [5.74, 6) is -0.674. The summed E-state index contributed by atoms with van der Waals surface area (Å²) in [5, 5.41) is 18.6. The Hall–Kier alpha value is -2.93. The highest BCUT2D eigenvalue weighted by atomic mass is 32.1. The number of ether oxygens (including phenoxy) is 1. The number of thiocarbonyl (C=S) groups is 1. The van der Waals surface area contributed by atoms with Crippen LogP contribution in [0.3, 0.4) is 0 Å². The number of carboxylic acid groups (broad SMARTS) is 1. The Kier molecular flexibility index (Phi) is 6.68. The van der Waals surface area contributed by atoms with Crippen LogP contribution in [-0.2, 0) is 11.2 Å². The molecule has 0 aromatic heterocycles. The number of methoxy groups -OCH3 is 1. The van der Waals surface area contributed by atoms with Gasteiger partial charge in [0, 0.05) is 23.6 Å². The third kappa shape index (κ3) is 5.29. The summed E-state index contributed by atoms with van der Waals surface area (Å²) in [6.45, 7) is 3.78. The molecule has 0 aliphatic rings. The fraction of sp³-hybridized carbons (Fsp3) is 0.211. The zero-order valence-corrected chi connectivity index (χ0v) is 15.6. The number of nitrogens with one attached hydrogen (secondary N) is 2. The Morgan fingerprint density at radius 3 is 2.65 bits per heavy atom. The van der Waals surface area contributed by atoms with Gasteiger partial charge in [0.2, 0.25) is 0 Å². The number of carbonyl (C=O) groups excluding carboxylic acids is 1. The maximum atomic E-state index is 10.9. The van der Waals surface area contributed by atoms with Crippen molar-refractivity contribution in [2.24, 2.45) is 5.10 Å². The number of aryl methyl sites for hydroxylation is 1. The summed E-state index contributed by atoms with van der Waals surface area (Å²) < 4.78 is 5.18. The van der Waals surface area contributed by atoms with Gasteiger partial charge in [0.15, 0.2) is 5.11 Å². The van der Waals surface area contributed by atoms with Gasteiger partial charge in [0.05, 0.1) is 12.8 Å². The first kappa shape index (κ1) is 19.4. The van der Waals surface area contributed by atoms with Crippen molar-refractivity contribution in [1.82, 2.24) is 5.43 Å². The maximum Gasteiger partial charge on any atom is 0.191 e. The van der Waals surface area contributed by atoms with Crippen molar-refractivity contribution in [3.63, 3.8) is 0 Å². The van der Waals surface area contributed by atoms with Crippen LogP contribution in [0.15, 0.2) is 47.6 Å². The first-order chi connectivity index (χ1) is 12.4. The summed E-state index contributed by atoms with van der Waals surface area (Å²) in [6.07, 6.45) is -0.231. The maximum absolute atomic E-state index is 10.9. The predicted octanol–water partition coefficient (Wildman–Crippen LogP) is 2.01. The molecule has 2 N–H and O–H groups in total. The van der Waals surface area contributed by atoms with Gasteiger partial charge < -0.3 is 20.0 Å². The van der Waals surface area contributed by atoms with E-state index >= 15 is 0 Å². The number of benzene rings is 2. The molecule has 136 valence electrons. The first-order valence-corrected chi connectivity index (χ1v) is 8.35. The molecule has 26 heavy (non-hydrogen) atoms. The molecule has 0 heterocycles. The predicted molar refractivity (Wildman–Crippen MR) is 104 cm³/mol. The summed E-state index contributed by atoms with van der Waals surface area (Å²) in [7, 11) is 1.49. The Morgan fingerprint density at radius 2 is 2.00 bits per heavy atom. The van der Waals surface area contributed by atoms with Crippen LogP contribution in [0.25, 0.3) is 0 Å². The third-order valence-corrected chi connectivity index (χ3v) is 3.94. The molecule has 0 unspecified atom stereocenters. The molecule has 2 aromatic carbocycles. The van der Waals surface area contributed by atoms with Crippen LogP contribution in [0.1, 0.15) is 23.6 Å². The average Bonchev–Trinajstić information content (AvgIpc) is 2.61. The number of hydrogen-bond donors (Lipinski definition) is 2. The summed E-state index contributed by atoms with van der Waals surface area (Å²) in [4.78, 5) is 10.9. The molecule has 0 amide bonds. The van der Waals surface area contributed by atoms with Crippen molar-refractivity contribution in [2.45, 2.75) is 20.3 Å². The van der Waals surface area contributed by atoms with E-state index in [0.29, 0.717) is 22.1 Å². The average molecular weight is 370 g/mol. The number of nitrogens with zero attached hydrogens (tertiary/aromatic N) is 1. The number of aliphatic carboxylic acids is 1. The zero-order chi connectivity index (χ0) is 19.1. The van der Waals surface area contributed by atoms with Gasteiger partial charge in [-0.05, 0) is 61.5 Å². The number of carbonyl (C=O) groups is 1. The van der Waals surface area contributed by atoms with Crippen LogP contribution < -0.4 is 20.6 Å².